The number of hydrogen-bond donors (Lipinski definition) is 2. The monoisotopic (exact) mass is 321 g/mol. The first-order chi connectivity index (χ1) is 10.1. The molecule has 3 rings (SSSR count). The Morgan fingerprint density at radius 3 is 2.67 bits per heavy atom. The summed E-state index contributed by atoms with van der Waals surface area (Å²) in [5.74, 6) is 1.38. The van der Waals surface area contributed by atoms with Crippen LogP contribution in [0.1, 0.15) is 6.92 Å². The van der Waals surface area contributed by atoms with Gasteiger partial charge in [0, 0.05) is 5.56 Å². The van der Waals surface area contributed by atoms with Gasteiger partial charge in [0.05, 0.1) is 33.4 Å². The van der Waals surface area contributed by atoms with E-state index in [-0.39, 0.29) is 0 Å². The second-order valence-corrected chi connectivity index (χ2v) is 5.37. The van der Waals surface area contributed by atoms with E-state index in [1.165, 1.54) is 0 Å². The number of H-pyrrole nitrogens is 1. The van der Waals surface area contributed by atoms with E-state index in [0.717, 1.165) is 16.6 Å². The molecule has 0 spiro atoms. The number of benzene rings is 2. The summed E-state index contributed by atoms with van der Waals surface area (Å²) in [5.41, 5.74) is 9.01. The van der Waals surface area contributed by atoms with Crippen molar-refractivity contribution in [2.45, 2.75) is 6.92 Å². The van der Waals surface area contributed by atoms with Gasteiger partial charge in [-0.1, -0.05) is 23.2 Å². The molecule has 108 valence electrons. The summed E-state index contributed by atoms with van der Waals surface area (Å²) in [6.07, 6.45) is 0. The van der Waals surface area contributed by atoms with E-state index in [2.05, 4.69) is 9.97 Å². The lowest BCUT2D eigenvalue weighted by atomic mass is 10.2. The molecule has 0 atom stereocenters. The number of aromatic nitrogens is 2. The van der Waals surface area contributed by atoms with Gasteiger partial charge < -0.3 is 15.5 Å². The minimum absolute atomic E-state index is 0.480. The van der Waals surface area contributed by atoms with E-state index in [9.17, 15) is 0 Å². The Hall–Kier alpha value is -1.91. The third-order valence-electron chi connectivity index (χ3n) is 3.11. The number of ether oxygens (including phenoxy) is 1. The van der Waals surface area contributed by atoms with Crippen molar-refractivity contribution in [1.29, 1.82) is 0 Å². The van der Waals surface area contributed by atoms with Crippen molar-refractivity contribution in [1.82, 2.24) is 9.97 Å². The molecule has 1 heterocycles. The number of hydrogen-bond acceptors (Lipinski definition) is 3. The smallest absolute Gasteiger partial charge is 0.142 e. The van der Waals surface area contributed by atoms with Crippen LogP contribution in [0.5, 0.6) is 5.75 Å². The van der Waals surface area contributed by atoms with Crippen molar-refractivity contribution in [2.24, 2.45) is 0 Å². The van der Waals surface area contributed by atoms with Crippen LogP contribution in [-0.4, -0.2) is 16.6 Å². The summed E-state index contributed by atoms with van der Waals surface area (Å²) in [7, 11) is 0. The molecule has 0 saturated carbocycles. The molecule has 0 aliphatic carbocycles. The van der Waals surface area contributed by atoms with Crippen molar-refractivity contribution >= 4 is 39.9 Å². The molecule has 21 heavy (non-hydrogen) atoms. The molecule has 6 heteroatoms. The maximum atomic E-state index is 6.01. The number of nitrogens with zero attached hydrogens (tertiary/aromatic N) is 1. The fourth-order valence-corrected chi connectivity index (χ4v) is 2.45. The number of nitrogens with one attached hydrogen (secondary N) is 1. The maximum Gasteiger partial charge on any atom is 0.142 e. The second-order valence-electron chi connectivity index (χ2n) is 4.55. The molecule has 3 N–H and O–H groups in total. The van der Waals surface area contributed by atoms with Crippen LogP contribution < -0.4 is 10.5 Å². The Morgan fingerprint density at radius 2 is 1.95 bits per heavy atom. The lowest BCUT2D eigenvalue weighted by Gasteiger charge is -2.07. The number of nitrogens with two attached hydrogens (primary N) is 1. The fraction of sp³-hybridized carbons (Fsp3) is 0.133. The summed E-state index contributed by atoms with van der Waals surface area (Å²) >= 11 is 12.0. The summed E-state index contributed by atoms with van der Waals surface area (Å²) in [5, 5.41) is 0.971. The molecular formula is C15H13Cl2N3O. The number of imidazole rings is 1. The van der Waals surface area contributed by atoms with Gasteiger partial charge in [-0.05, 0) is 37.3 Å². The zero-order valence-corrected chi connectivity index (χ0v) is 12.8. The summed E-state index contributed by atoms with van der Waals surface area (Å²) in [4.78, 5) is 7.71. The Kier molecular flexibility index (Phi) is 3.66. The molecule has 0 aliphatic rings. The maximum absolute atomic E-state index is 6.01. The standard InChI is InChI=1S/C15H13Cl2N3O/c1-2-21-14-4-3-8(5-11(14)18)15-19-12-6-9(16)10(17)7-13(12)20-15/h3-7H,2,18H2,1H3,(H,19,20). The quantitative estimate of drug-likeness (QED) is 0.697. The van der Waals surface area contributed by atoms with Crippen LogP contribution in [0.15, 0.2) is 30.3 Å². The molecule has 2 aromatic carbocycles. The summed E-state index contributed by atoms with van der Waals surface area (Å²) in [6, 6.07) is 9.06. The molecule has 0 amide bonds. The third kappa shape index (κ3) is 2.64. The van der Waals surface area contributed by atoms with Gasteiger partial charge in [-0.25, -0.2) is 4.98 Å². The molecule has 0 aliphatic heterocycles. The van der Waals surface area contributed by atoms with Crippen LogP contribution in [0.3, 0.4) is 0 Å². The van der Waals surface area contributed by atoms with E-state index in [1.54, 1.807) is 12.1 Å². The van der Waals surface area contributed by atoms with Crippen molar-refractivity contribution in [3.63, 3.8) is 0 Å². The van der Waals surface area contributed by atoms with Gasteiger partial charge in [0.25, 0.3) is 0 Å². The van der Waals surface area contributed by atoms with Crippen LogP contribution in [0.25, 0.3) is 22.4 Å². The van der Waals surface area contributed by atoms with Crippen LogP contribution in [0.4, 0.5) is 5.69 Å². The van der Waals surface area contributed by atoms with Gasteiger partial charge in [-0.2, -0.15) is 0 Å². The van der Waals surface area contributed by atoms with E-state index < -0.39 is 0 Å². The number of rotatable bonds is 3. The molecular weight excluding hydrogens is 309 g/mol. The fourth-order valence-electron chi connectivity index (χ4n) is 2.12. The van der Waals surface area contributed by atoms with Gasteiger partial charge in [-0.3, -0.25) is 0 Å². The van der Waals surface area contributed by atoms with Gasteiger partial charge in [-0.15, -0.1) is 0 Å². The first-order valence-electron chi connectivity index (χ1n) is 6.46. The van der Waals surface area contributed by atoms with Crippen LogP contribution in [0, 0.1) is 0 Å². The van der Waals surface area contributed by atoms with Crippen molar-refractivity contribution in [2.75, 3.05) is 12.3 Å². The molecule has 3 aromatic rings. The number of anilines is 1. The predicted molar refractivity (Wildman–Crippen MR) is 87.1 cm³/mol. The molecule has 0 fully saturated rings. The van der Waals surface area contributed by atoms with Crippen LogP contribution in [0.2, 0.25) is 10.0 Å². The largest absolute Gasteiger partial charge is 0.492 e. The summed E-state index contributed by atoms with van der Waals surface area (Å²) < 4.78 is 5.43. The Morgan fingerprint density at radius 1 is 1.19 bits per heavy atom. The number of aromatic amines is 1. The average molecular weight is 322 g/mol. The Bertz CT molecular complexity index is 775. The second kappa shape index (κ2) is 5.47. The van der Waals surface area contributed by atoms with Gasteiger partial charge in [0.15, 0.2) is 0 Å². The Balaban J connectivity index is 2.06. The number of halogens is 2. The molecule has 0 saturated heterocycles. The first-order valence-corrected chi connectivity index (χ1v) is 7.21. The van der Waals surface area contributed by atoms with Gasteiger partial charge in [0.1, 0.15) is 11.6 Å². The lowest BCUT2D eigenvalue weighted by molar-refractivity contribution is 0.342. The van der Waals surface area contributed by atoms with Gasteiger partial charge in [0.2, 0.25) is 0 Å². The number of fused-ring (bicyclic) bond motifs is 1. The Labute approximate surface area is 131 Å². The highest BCUT2D eigenvalue weighted by molar-refractivity contribution is 6.42. The zero-order chi connectivity index (χ0) is 15.0. The van der Waals surface area contributed by atoms with Crippen molar-refractivity contribution in [3.8, 4) is 17.1 Å². The minimum Gasteiger partial charge on any atom is -0.492 e. The molecule has 1 aromatic heterocycles. The van der Waals surface area contributed by atoms with E-state index >= 15 is 0 Å². The lowest BCUT2D eigenvalue weighted by Crippen LogP contribution is -1.97. The first kappa shape index (κ1) is 14.0. The molecule has 0 unspecified atom stereocenters. The van der Waals surface area contributed by atoms with Crippen LogP contribution in [-0.2, 0) is 0 Å². The number of nitrogen functional groups attached to an aromatic ring is 1. The highest BCUT2D eigenvalue weighted by atomic mass is 35.5. The van der Waals surface area contributed by atoms with E-state index in [4.69, 9.17) is 33.7 Å². The van der Waals surface area contributed by atoms with E-state index in [0.29, 0.717) is 33.9 Å². The highest BCUT2D eigenvalue weighted by Gasteiger charge is 2.10. The summed E-state index contributed by atoms with van der Waals surface area (Å²) in [6.45, 7) is 2.49. The molecule has 0 radical (unpaired) electrons. The third-order valence-corrected chi connectivity index (χ3v) is 3.83. The SMILES string of the molecule is CCOc1ccc(-c2nc3cc(Cl)c(Cl)cc3[nH]2)cc1N. The van der Waals surface area contributed by atoms with Crippen molar-refractivity contribution < 1.29 is 4.74 Å². The average Bonchev–Trinajstić information content (AvgIpc) is 2.84. The highest BCUT2D eigenvalue weighted by Crippen LogP contribution is 2.31. The molecule has 0 bridgehead atoms. The molecule has 4 nitrogen and oxygen atoms in total. The van der Waals surface area contributed by atoms with Crippen molar-refractivity contribution in [3.05, 3.63) is 40.4 Å². The normalized spacial score (nSPS) is 11.0. The van der Waals surface area contributed by atoms with E-state index in [1.807, 2.05) is 25.1 Å². The minimum atomic E-state index is 0.480. The topological polar surface area (TPSA) is 63.9 Å². The predicted octanol–water partition coefficient (Wildman–Crippen LogP) is 4.52. The van der Waals surface area contributed by atoms with Crippen LogP contribution >= 0.6 is 23.2 Å². The zero-order valence-electron chi connectivity index (χ0n) is 11.3. The van der Waals surface area contributed by atoms with Gasteiger partial charge >= 0.3 is 0 Å².